The average molecular weight is 360 g/mol. The third-order valence-corrected chi connectivity index (χ3v) is 3.89. The number of anilines is 1. The molecule has 11 heteroatoms. The lowest BCUT2D eigenvalue weighted by atomic mass is 9.89. The van der Waals surface area contributed by atoms with E-state index >= 15 is 0 Å². The van der Waals surface area contributed by atoms with Gasteiger partial charge in [0.2, 0.25) is 5.69 Å². The van der Waals surface area contributed by atoms with E-state index in [0.717, 1.165) is 12.8 Å². The van der Waals surface area contributed by atoms with Gasteiger partial charge in [0.25, 0.3) is 0 Å². The number of alkyl halides is 3. The van der Waals surface area contributed by atoms with Crippen LogP contribution in [0.4, 0.5) is 30.2 Å². The smallest absolute Gasteiger partial charge is 0.266 e. The Kier molecular flexibility index (Phi) is 5.24. The quantitative estimate of drug-likeness (QED) is 0.628. The Morgan fingerprint density at radius 1 is 1.20 bits per heavy atom. The van der Waals surface area contributed by atoms with E-state index in [4.69, 9.17) is 0 Å². The molecule has 0 aromatic heterocycles. The molecule has 1 aliphatic carbocycles. The topological polar surface area (TPSA) is 111 Å². The summed E-state index contributed by atoms with van der Waals surface area (Å²) in [6.07, 6.45) is -1.84. The molecule has 0 heterocycles. The standard InChI is InChI=1S/C14H15F3N4O4/c1-8-3-2-4-10(5-8)18-19-13-11(20(22)23)6-9(14(15,16)17)7-12(13)21(24)25/h6-8,19H,2-5H2,1H3/b18-10-/t8-/m1/s1. The molecule has 1 N–H and O–H groups in total. The highest BCUT2D eigenvalue weighted by molar-refractivity contribution is 5.87. The van der Waals surface area contributed by atoms with E-state index in [1.165, 1.54) is 0 Å². The molecule has 2 rings (SSSR count). The van der Waals surface area contributed by atoms with E-state index in [2.05, 4.69) is 10.5 Å². The molecule has 0 radical (unpaired) electrons. The highest BCUT2D eigenvalue weighted by atomic mass is 19.4. The first-order valence-corrected chi connectivity index (χ1v) is 7.45. The van der Waals surface area contributed by atoms with Crippen molar-refractivity contribution in [3.63, 3.8) is 0 Å². The van der Waals surface area contributed by atoms with Gasteiger partial charge in [-0.3, -0.25) is 25.7 Å². The van der Waals surface area contributed by atoms with Crippen molar-refractivity contribution in [1.29, 1.82) is 0 Å². The maximum atomic E-state index is 12.8. The molecule has 0 amide bonds. The highest BCUT2D eigenvalue weighted by Gasteiger charge is 2.37. The number of benzene rings is 1. The summed E-state index contributed by atoms with van der Waals surface area (Å²) in [6.45, 7) is 2.00. The van der Waals surface area contributed by atoms with Crippen LogP contribution in [0.25, 0.3) is 0 Å². The van der Waals surface area contributed by atoms with Crippen LogP contribution in [0.5, 0.6) is 0 Å². The van der Waals surface area contributed by atoms with Gasteiger partial charge >= 0.3 is 17.6 Å². The molecular formula is C14H15F3N4O4. The number of nitrogens with zero attached hydrogens (tertiary/aromatic N) is 3. The number of rotatable bonds is 4. The normalized spacial score (nSPS) is 19.7. The number of hydrogen-bond acceptors (Lipinski definition) is 6. The van der Waals surface area contributed by atoms with Crippen molar-refractivity contribution < 1.29 is 23.0 Å². The molecule has 25 heavy (non-hydrogen) atoms. The summed E-state index contributed by atoms with van der Waals surface area (Å²) >= 11 is 0. The van der Waals surface area contributed by atoms with Gasteiger partial charge in [-0.25, -0.2) is 0 Å². The van der Waals surface area contributed by atoms with E-state index in [-0.39, 0.29) is 12.1 Å². The maximum absolute atomic E-state index is 12.8. The van der Waals surface area contributed by atoms with E-state index in [1.807, 2.05) is 6.92 Å². The van der Waals surface area contributed by atoms with Gasteiger partial charge in [-0.05, 0) is 31.6 Å². The third-order valence-electron chi connectivity index (χ3n) is 3.89. The van der Waals surface area contributed by atoms with Crippen molar-refractivity contribution >= 4 is 22.8 Å². The Hall–Kier alpha value is -2.72. The van der Waals surface area contributed by atoms with Crippen molar-refractivity contribution in [3.8, 4) is 0 Å². The molecule has 0 unspecified atom stereocenters. The molecule has 1 aromatic rings. The van der Waals surface area contributed by atoms with E-state index < -0.39 is 38.6 Å². The molecule has 1 atom stereocenters. The van der Waals surface area contributed by atoms with E-state index in [0.29, 0.717) is 24.5 Å². The molecule has 1 aliphatic rings. The van der Waals surface area contributed by atoms with Crippen LogP contribution in [0.15, 0.2) is 17.2 Å². The molecule has 1 saturated carbocycles. The molecule has 1 aromatic carbocycles. The van der Waals surface area contributed by atoms with Gasteiger partial charge in [0.15, 0.2) is 0 Å². The van der Waals surface area contributed by atoms with Crippen molar-refractivity contribution in [2.75, 3.05) is 5.43 Å². The van der Waals surface area contributed by atoms with Crippen LogP contribution >= 0.6 is 0 Å². The van der Waals surface area contributed by atoms with Gasteiger partial charge in [0.1, 0.15) is 0 Å². The van der Waals surface area contributed by atoms with E-state index in [9.17, 15) is 33.4 Å². The fourth-order valence-electron chi connectivity index (χ4n) is 2.68. The third kappa shape index (κ3) is 4.43. The summed E-state index contributed by atoms with van der Waals surface area (Å²) < 4.78 is 38.5. The highest BCUT2D eigenvalue weighted by Crippen LogP contribution is 2.41. The molecule has 136 valence electrons. The van der Waals surface area contributed by atoms with Gasteiger partial charge in [0, 0.05) is 17.8 Å². The minimum Gasteiger partial charge on any atom is -0.266 e. The number of nitro benzene ring substituents is 2. The summed E-state index contributed by atoms with van der Waals surface area (Å²) in [7, 11) is 0. The van der Waals surface area contributed by atoms with Crippen LogP contribution in [-0.4, -0.2) is 15.6 Å². The summed E-state index contributed by atoms with van der Waals surface area (Å²) in [4.78, 5) is 20.0. The predicted molar refractivity (Wildman–Crippen MR) is 83.4 cm³/mol. The molecule has 0 aliphatic heterocycles. The SMILES string of the molecule is C[C@@H]1CCC/C(=N/Nc2c([N+](=O)[O-])cc(C(F)(F)F)cc2[N+](=O)[O-])C1. The lowest BCUT2D eigenvalue weighted by molar-refractivity contribution is -0.392. The van der Waals surface area contributed by atoms with Crippen LogP contribution in [0.1, 0.15) is 38.2 Å². The number of halogens is 3. The lowest BCUT2D eigenvalue weighted by Crippen LogP contribution is -2.15. The second kappa shape index (κ2) is 7.03. The zero-order chi connectivity index (χ0) is 18.8. The zero-order valence-corrected chi connectivity index (χ0v) is 13.2. The van der Waals surface area contributed by atoms with Gasteiger partial charge in [-0.1, -0.05) is 6.92 Å². The molecule has 8 nitrogen and oxygen atoms in total. The first-order valence-electron chi connectivity index (χ1n) is 7.45. The summed E-state index contributed by atoms with van der Waals surface area (Å²) in [5.74, 6) is 0.354. The maximum Gasteiger partial charge on any atom is 0.416 e. The van der Waals surface area contributed by atoms with Crippen molar-refractivity contribution in [2.45, 2.75) is 38.8 Å². The van der Waals surface area contributed by atoms with Crippen LogP contribution in [0.2, 0.25) is 0 Å². The Morgan fingerprint density at radius 2 is 1.76 bits per heavy atom. The predicted octanol–water partition coefficient (Wildman–Crippen LogP) is 4.50. The summed E-state index contributed by atoms with van der Waals surface area (Å²) in [5, 5.41) is 26.2. The molecule has 0 saturated heterocycles. The average Bonchev–Trinajstić information content (AvgIpc) is 2.51. The Balaban J connectivity index is 2.49. The van der Waals surface area contributed by atoms with Gasteiger partial charge in [0.05, 0.1) is 15.4 Å². The molecule has 0 bridgehead atoms. The largest absolute Gasteiger partial charge is 0.416 e. The fraction of sp³-hybridized carbons (Fsp3) is 0.500. The van der Waals surface area contributed by atoms with Crippen LogP contribution in [-0.2, 0) is 6.18 Å². The Morgan fingerprint density at radius 3 is 2.20 bits per heavy atom. The minimum absolute atomic E-state index is 0.263. The van der Waals surface area contributed by atoms with E-state index in [1.54, 1.807) is 0 Å². The van der Waals surface area contributed by atoms with Gasteiger partial charge in [-0.2, -0.15) is 18.3 Å². The molecule has 0 spiro atoms. The second-order valence-corrected chi connectivity index (χ2v) is 5.89. The minimum atomic E-state index is -4.95. The number of hydrazone groups is 1. The zero-order valence-electron chi connectivity index (χ0n) is 13.2. The lowest BCUT2D eigenvalue weighted by Gasteiger charge is -2.19. The van der Waals surface area contributed by atoms with Gasteiger partial charge in [-0.15, -0.1) is 0 Å². The number of nitrogens with one attached hydrogen (secondary N) is 1. The van der Waals surface area contributed by atoms with Crippen molar-refractivity contribution in [1.82, 2.24) is 0 Å². The Labute approximate surface area is 140 Å². The van der Waals surface area contributed by atoms with Crippen molar-refractivity contribution in [3.05, 3.63) is 37.9 Å². The van der Waals surface area contributed by atoms with Crippen LogP contribution in [0, 0.1) is 26.1 Å². The summed E-state index contributed by atoms with van der Waals surface area (Å²) in [6, 6.07) is 0.526. The monoisotopic (exact) mass is 360 g/mol. The first kappa shape index (κ1) is 18.6. The van der Waals surface area contributed by atoms with Crippen molar-refractivity contribution in [2.24, 2.45) is 11.0 Å². The molecule has 1 fully saturated rings. The molecular weight excluding hydrogens is 345 g/mol. The van der Waals surface area contributed by atoms with Crippen LogP contribution < -0.4 is 5.43 Å². The second-order valence-electron chi connectivity index (χ2n) is 5.89. The number of nitro groups is 2. The Bertz CT molecular complexity index is 698. The van der Waals surface area contributed by atoms with Gasteiger partial charge < -0.3 is 0 Å². The number of hydrogen-bond donors (Lipinski definition) is 1. The first-order chi connectivity index (χ1) is 11.6. The fourth-order valence-corrected chi connectivity index (χ4v) is 2.68. The van der Waals surface area contributed by atoms with Crippen LogP contribution in [0.3, 0.4) is 0 Å². The summed E-state index contributed by atoms with van der Waals surface area (Å²) in [5.41, 5.74) is -1.29.